The van der Waals surface area contributed by atoms with Crippen molar-refractivity contribution in [2.24, 2.45) is 0 Å². The molecule has 0 radical (unpaired) electrons. The fourth-order valence-electron chi connectivity index (χ4n) is 2.91. The van der Waals surface area contributed by atoms with Gasteiger partial charge in [0.15, 0.2) is 0 Å². The third-order valence-electron chi connectivity index (χ3n) is 4.26. The largest absolute Gasteiger partial charge is 0.368 e. The highest BCUT2D eigenvalue weighted by atomic mass is 35.5. The molecule has 1 heterocycles. The van der Waals surface area contributed by atoms with Crippen molar-refractivity contribution >= 4 is 46.4 Å². The van der Waals surface area contributed by atoms with Gasteiger partial charge >= 0.3 is 0 Å². The maximum atomic E-state index is 12.7. The van der Waals surface area contributed by atoms with Crippen molar-refractivity contribution in [1.29, 1.82) is 0 Å². The first-order valence-electron chi connectivity index (χ1n) is 7.72. The van der Waals surface area contributed by atoms with Gasteiger partial charge in [-0.15, -0.1) is 0 Å². The molecule has 6 heteroatoms. The minimum atomic E-state index is -0.0787. The van der Waals surface area contributed by atoms with Gasteiger partial charge in [-0.3, -0.25) is 4.79 Å². The van der Waals surface area contributed by atoms with E-state index >= 15 is 0 Å². The van der Waals surface area contributed by atoms with Gasteiger partial charge in [0.05, 0.1) is 15.6 Å². The molecule has 0 spiro atoms. The topological polar surface area (TPSA) is 23.6 Å². The number of rotatable bonds is 2. The minimum Gasteiger partial charge on any atom is -0.368 e. The van der Waals surface area contributed by atoms with Gasteiger partial charge in [0.25, 0.3) is 5.91 Å². The van der Waals surface area contributed by atoms with Crippen molar-refractivity contribution in [3.63, 3.8) is 0 Å². The van der Waals surface area contributed by atoms with E-state index in [1.54, 1.807) is 18.2 Å². The summed E-state index contributed by atoms with van der Waals surface area (Å²) in [4.78, 5) is 16.7. The average molecular weight is 384 g/mol. The van der Waals surface area contributed by atoms with E-state index in [4.69, 9.17) is 34.8 Å². The van der Waals surface area contributed by atoms with Gasteiger partial charge in [0, 0.05) is 36.9 Å². The molecule has 0 bridgehead atoms. The molecule has 0 aliphatic carbocycles. The van der Waals surface area contributed by atoms with Crippen molar-refractivity contribution in [2.45, 2.75) is 6.92 Å². The lowest BCUT2D eigenvalue weighted by molar-refractivity contribution is 0.0747. The number of nitrogens with zero attached hydrogens (tertiary/aromatic N) is 2. The molecule has 2 aromatic rings. The SMILES string of the molecule is Cc1ccc(Cl)cc1N1CCN(C(=O)c2cccc(Cl)c2Cl)CC1. The summed E-state index contributed by atoms with van der Waals surface area (Å²) in [7, 11) is 0. The second kappa shape index (κ2) is 7.22. The normalized spacial score (nSPS) is 14.8. The molecule has 0 atom stereocenters. The summed E-state index contributed by atoms with van der Waals surface area (Å²) < 4.78 is 0. The summed E-state index contributed by atoms with van der Waals surface area (Å²) in [6.07, 6.45) is 0. The molecule has 3 rings (SSSR count). The maximum absolute atomic E-state index is 12.7. The van der Waals surface area contributed by atoms with E-state index < -0.39 is 0 Å². The van der Waals surface area contributed by atoms with Crippen molar-refractivity contribution in [2.75, 3.05) is 31.1 Å². The number of halogens is 3. The van der Waals surface area contributed by atoms with Gasteiger partial charge in [-0.1, -0.05) is 46.9 Å². The highest BCUT2D eigenvalue weighted by Crippen LogP contribution is 2.28. The number of piperazine rings is 1. The first-order valence-corrected chi connectivity index (χ1v) is 8.85. The Morgan fingerprint density at radius 2 is 1.71 bits per heavy atom. The highest BCUT2D eigenvalue weighted by molar-refractivity contribution is 6.43. The van der Waals surface area contributed by atoms with Crippen LogP contribution in [0.5, 0.6) is 0 Å². The molecule has 0 saturated carbocycles. The van der Waals surface area contributed by atoms with Crippen LogP contribution in [0.15, 0.2) is 36.4 Å². The lowest BCUT2D eigenvalue weighted by atomic mass is 10.1. The Morgan fingerprint density at radius 3 is 2.42 bits per heavy atom. The second-order valence-corrected chi connectivity index (χ2v) is 7.03. The van der Waals surface area contributed by atoms with E-state index in [0.29, 0.717) is 28.7 Å². The number of anilines is 1. The molecule has 1 aliphatic rings. The summed E-state index contributed by atoms with van der Waals surface area (Å²) in [6, 6.07) is 11.0. The summed E-state index contributed by atoms with van der Waals surface area (Å²) in [5.74, 6) is -0.0787. The summed E-state index contributed by atoms with van der Waals surface area (Å²) in [5.41, 5.74) is 2.75. The van der Waals surface area contributed by atoms with Crippen molar-refractivity contribution < 1.29 is 4.79 Å². The van der Waals surface area contributed by atoms with Crippen LogP contribution < -0.4 is 4.90 Å². The molecule has 0 unspecified atom stereocenters. The molecule has 1 saturated heterocycles. The third-order valence-corrected chi connectivity index (χ3v) is 5.31. The molecular weight excluding hydrogens is 367 g/mol. The molecular formula is C18H17Cl3N2O. The zero-order chi connectivity index (χ0) is 17.3. The molecule has 1 aliphatic heterocycles. The Morgan fingerprint density at radius 1 is 1.00 bits per heavy atom. The quantitative estimate of drug-likeness (QED) is 0.735. The van der Waals surface area contributed by atoms with E-state index in [0.717, 1.165) is 23.8 Å². The van der Waals surface area contributed by atoms with Crippen molar-refractivity contribution in [3.05, 3.63) is 62.6 Å². The fourth-order valence-corrected chi connectivity index (χ4v) is 3.46. The standard InChI is InChI=1S/C18H17Cl3N2O/c1-12-5-6-13(19)11-16(12)22-7-9-23(10-8-22)18(24)14-3-2-4-15(20)17(14)21/h2-6,11H,7-10H2,1H3. The average Bonchev–Trinajstić information content (AvgIpc) is 2.59. The van der Waals surface area contributed by atoms with Gasteiger partial charge in [0.1, 0.15) is 0 Å². The van der Waals surface area contributed by atoms with Crippen LogP contribution in [0.2, 0.25) is 15.1 Å². The number of carbonyl (C=O) groups excluding carboxylic acids is 1. The molecule has 1 fully saturated rings. The fraction of sp³-hybridized carbons (Fsp3) is 0.278. The molecule has 3 nitrogen and oxygen atoms in total. The molecule has 0 aromatic heterocycles. The number of hydrogen-bond donors (Lipinski definition) is 0. The summed E-state index contributed by atoms with van der Waals surface area (Å²) >= 11 is 18.3. The number of amides is 1. The van der Waals surface area contributed by atoms with Crippen molar-refractivity contribution in [3.8, 4) is 0 Å². The number of benzene rings is 2. The van der Waals surface area contributed by atoms with Gasteiger partial charge < -0.3 is 9.80 Å². The third kappa shape index (κ3) is 3.49. The van der Waals surface area contributed by atoms with Gasteiger partial charge in [-0.2, -0.15) is 0 Å². The Balaban J connectivity index is 1.72. The van der Waals surface area contributed by atoms with Crippen LogP contribution in [0.4, 0.5) is 5.69 Å². The summed E-state index contributed by atoms with van der Waals surface area (Å²) in [5, 5.41) is 1.44. The lowest BCUT2D eigenvalue weighted by Crippen LogP contribution is -2.49. The molecule has 2 aromatic carbocycles. The molecule has 1 amide bonds. The first kappa shape index (κ1) is 17.4. The molecule has 126 valence electrons. The molecule has 24 heavy (non-hydrogen) atoms. The molecule has 0 N–H and O–H groups in total. The van der Waals surface area contributed by atoms with Gasteiger partial charge in [0.2, 0.25) is 0 Å². The first-order chi connectivity index (χ1) is 11.5. The lowest BCUT2D eigenvalue weighted by Gasteiger charge is -2.37. The minimum absolute atomic E-state index is 0.0787. The van der Waals surface area contributed by atoms with E-state index in [1.807, 2.05) is 23.1 Å². The van der Waals surface area contributed by atoms with Crippen LogP contribution in [0.25, 0.3) is 0 Å². The second-order valence-electron chi connectivity index (χ2n) is 5.81. The van der Waals surface area contributed by atoms with Crippen LogP contribution in [0, 0.1) is 6.92 Å². The van der Waals surface area contributed by atoms with Crippen LogP contribution >= 0.6 is 34.8 Å². The van der Waals surface area contributed by atoms with E-state index in [2.05, 4.69) is 11.8 Å². The monoisotopic (exact) mass is 382 g/mol. The Labute approximate surface area is 156 Å². The van der Waals surface area contributed by atoms with Crippen LogP contribution in [0.3, 0.4) is 0 Å². The van der Waals surface area contributed by atoms with Crippen LogP contribution in [0.1, 0.15) is 15.9 Å². The van der Waals surface area contributed by atoms with Crippen LogP contribution in [-0.2, 0) is 0 Å². The smallest absolute Gasteiger partial charge is 0.255 e. The number of carbonyl (C=O) groups is 1. The zero-order valence-electron chi connectivity index (χ0n) is 13.2. The Kier molecular flexibility index (Phi) is 5.24. The van der Waals surface area contributed by atoms with Crippen molar-refractivity contribution in [1.82, 2.24) is 4.90 Å². The number of hydrogen-bond acceptors (Lipinski definition) is 2. The van der Waals surface area contributed by atoms with E-state index in [-0.39, 0.29) is 5.91 Å². The van der Waals surface area contributed by atoms with Gasteiger partial charge in [-0.25, -0.2) is 0 Å². The predicted octanol–water partition coefficient (Wildman–Crippen LogP) is 4.92. The zero-order valence-corrected chi connectivity index (χ0v) is 15.5. The van der Waals surface area contributed by atoms with E-state index in [1.165, 1.54) is 5.56 Å². The van der Waals surface area contributed by atoms with E-state index in [9.17, 15) is 4.79 Å². The Hall–Kier alpha value is -1.42. The summed E-state index contributed by atoms with van der Waals surface area (Å²) in [6.45, 7) is 4.84. The van der Waals surface area contributed by atoms with Crippen LogP contribution in [-0.4, -0.2) is 37.0 Å². The number of aryl methyl sites for hydroxylation is 1. The highest BCUT2D eigenvalue weighted by Gasteiger charge is 2.25. The Bertz CT molecular complexity index is 771. The maximum Gasteiger partial charge on any atom is 0.255 e. The predicted molar refractivity (Wildman–Crippen MR) is 101 cm³/mol. The van der Waals surface area contributed by atoms with Gasteiger partial charge in [-0.05, 0) is 36.8 Å².